The average Bonchev–Trinajstić information content (AvgIpc) is 1.97. The fraction of sp³-hybridized carbons (Fsp3) is 0. The van der Waals surface area contributed by atoms with Crippen LogP contribution in [0.4, 0.5) is 0 Å². The van der Waals surface area contributed by atoms with E-state index in [9.17, 15) is 9.59 Å². The first kappa shape index (κ1) is 7.33. The maximum Gasteiger partial charge on any atom is 0.265 e. The molecule has 5 heteroatoms. The molecule has 0 fully saturated rings. The second-order valence-electron chi connectivity index (χ2n) is 1.92. The SMILES string of the molecule is O=C1C=C(O)C(=O)C(O)=C1O. The van der Waals surface area contributed by atoms with Crippen LogP contribution in [-0.2, 0) is 9.59 Å². The van der Waals surface area contributed by atoms with Crippen molar-refractivity contribution in [2.45, 2.75) is 0 Å². The Kier molecular flexibility index (Phi) is 1.41. The molecule has 0 aromatic heterocycles. The van der Waals surface area contributed by atoms with E-state index in [1.165, 1.54) is 0 Å². The predicted octanol–water partition coefficient (Wildman–Crippen LogP) is -0.0923. The van der Waals surface area contributed by atoms with E-state index in [0.717, 1.165) is 0 Å². The van der Waals surface area contributed by atoms with Crippen molar-refractivity contribution < 1.29 is 24.9 Å². The van der Waals surface area contributed by atoms with E-state index in [1.54, 1.807) is 0 Å². The first-order valence-electron chi connectivity index (χ1n) is 2.66. The summed E-state index contributed by atoms with van der Waals surface area (Å²) in [5.41, 5.74) is 0. The Bertz CT molecular complexity index is 296. The molecule has 0 aromatic carbocycles. The number of aliphatic hydroxyl groups excluding tert-OH is 3. The molecule has 0 heterocycles. The summed E-state index contributed by atoms with van der Waals surface area (Å²) < 4.78 is 0. The van der Waals surface area contributed by atoms with Gasteiger partial charge in [0.05, 0.1) is 0 Å². The van der Waals surface area contributed by atoms with Crippen molar-refractivity contribution in [2.24, 2.45) is 0 Å². The first-order chi connectivity index (χ1) is 5.04. The lowest BCUT2D eigenvalue weighted by atomic mass is 10.1. The number of allylic oxidation sites excluding steroid dienone is 1. The lowest BCUT2D eigenvalue weighted by Crippen LogP contribution is -2.18. The topological polar surface area (TPSA) is 94.8 Å². The van der Waals surface area contributed by atoms with E-state index < -0.39 is 28.8 Å². The van der Waals surface area contributed by atoms with Crippen molar-refractivity contribution >= 4 is 11.6 Å². The van der Waals surface area contributed by atoms with Gasteiger partial charge in [-0.2, -0.15) is 0 Å². The molecule has 0 unspecified atom stereocenters. The van der Waals surface area contributed by atoms with Crippen LogP contribution in [0.5, 0.6) is 0 Å². The maximum absolute atomic E-state index is 10.5. The molecule has 0 saturated heterocycles. The molecule has 11 heavy (non-hydrogen) atoms. The van der Waals surface area contributed by atoms with E-state index in [2.05, 4.69) is 0 Å². The van der Waals surface area contributed by atoms with Gasteiger partial charge >= 0.3 is 0 Å². The smallest absolute Gasteiger partial charge is 0.265 e. The van der Waals surface area contributed by atoms with Gasteiger partial charge in [0.15, 0.2) is 5.76 Å². The summed E-state index contributed by atoms with van der Waals surface area (Å²) in [6, 6.07) is 0. The largest absolute Gasteiger partial charge is 0.504 e. The fourth-order valence-electron chi connectivity index (χ4n) is 0.604. The van der Waals surface area contributed by atoms with E-state index in [-0.39, 0.29) is 0 Å². The predicted molar refractivity (Wildman–Crippen MR) is 33.0 cm³/mol. The second kappa shape index (κ2) is 2.12. The summed E-state index contributed by atoms with van der Waals surface area (Å²) in [5, 5.41) is 25.9. The number of carbonyl (C=O) groups is 2. The summed E-state index contributed by atoms with van der Waals surface area (Å²) in [4.78, 5) is 21.0. The molecule has 0 aliphatic heterocycles. The molecule has 0 radical (unpaired) electrons. The second-order valence-corrected chi connectivity index (χ2v) is 1.92. The molecule has 0 spiro atoms. The normalized spacial score (nSPS) is 18.7. The Morgan fingerprint density at radius 1 is 1.00 bits per heavy atom. The van der Waals surface area contributed by atoms with Gasteiger partial charge in [-0.15, -0.1) is 0 Å². The molecular weight excluding hydrogens is 152 g/mol. The monoisotopic (exact) mass is 156 g/mol. The standard InChI is InChI=1S/C6H4O5/c7-2-1-3(8)5(10)6(11)4(2)9/h1,7,10-11H. The quantitative estimate of drug-likeness (QED) is 0.426. The lowest BCUT2D eigenvalue weighted by molar-refractivity contribution is -0.121. The summed E-state index contributed by atoms with van der Waals surface area (Å²) in [7, 11) is 0. The third kappa shape index (κ3) is 0.958. The Morgan fingerprint density at radius 3 is 2.09 bits per heavy atom. The molecule has 3 N–H and O–H groups in total. The zero-order valence-electron chi connectivity index (χ0n) is 5.24. The van der Waals surface area contributed by atoms with Crippen LogP contribution in [0.1, 0.15) is 0 Å². The van der Waals surface area contributed by atoms with Crippen molar-refractivity contribution in [1.29, 1.82) is 0 Å². The highest BCUT2D eigenvalue weighted by molar-refractivity contribution is 6.19. The third-order valence-corrected chi connectivity index (χ3v) is 1.17. The molecule has 58 valence electrons. The van der Waals surface area contributed by atoms with Gasteiger partial charge in [0.1, 0.15) is 0 Å². The van der Waals surface area contributed by atoms with Gasteiger partial charge in [0, 0.05) is 6.08 Å². The number of ketones is 2. The molecule has 1 aliphatic rings. The highest BCUT2D eigenvalue weighted by atomic mass is 16.3. The number of rotatable bonds is 0. The zero-order chi connectivity index (χ0) is 8.59. The van der Waals surface area contributed by atoms with E-state index in [1.807, 2.05) is 0 Å². The molecule has 5 nitrogen and oxygen atoms in total. The molecule has 1 aliphatic carbocycles. The van der Waals surface area contributed by atoms with Gasteiger partial charge in [-0.3, -0.25) is 9.59 Å². The van der Waals surface area contributed by atoms with E-state index in [4.69, 9.17) is 15.3 Å². The minimum Gasteiger partial charge on any atom is -0.504 e. The third-order valence-electron chi connectivity index (χ3n) is 1.17. The molecule has 0 amide bonds. The molecular formula is C6H4O5. The van der Waals surface area contributed by atoms with Crippen LogP contribution in [-0.4, -0.2) is 26.9 Å². The number of aliphatic hydroxyl groups is 3. The zero-order valence-corrected chi connectivity index (χ0v) is 5.24. The summed E-state index contributed by atoms with van der Waals surface area (Å²) in [6.45, 7) is 0. The number of Topliss-reactive ketones (excluding diaryl/α,β-unsaturated/α-hetero) is 1. The van der Waals surface area contributed by atoms with Crippen LogP contribution in [0.3, 0.4) is 0 Å². The van der Waals surface area contributed by atoms with Gasteiger partial charge in [0.25, 0.3) is 5.78 Å². The van der Waals surface area contributed by atoms with Gasteiger partial charge in [-0.05, 0) is 0 Å². The van der Waals surface area contributed by atoms with Gasteiger partial charge < -0.3 is 15.3 Å². The lowest BCUT2D eigenvalue weighted by Gasteiger charge is -2.05. The van der Waals surface area contributed by atoms with Gasteiger partial charge in [-0.1, -0.05) is 0 Å². The highest BCUT2D eigenvalue weighted by Crippen LogP contribution is 2.12. The van der Waals surface area contributed by atoms with Crippen molar-refractivity contribution in [3.63, 3.8) is 0 Å². The Hall–Kier alpha value is -1.78. The first-order valence-corrected chi connectivity index (χ1v) is 2.66. The summed E-state index contributed by atoms with van der Waals surface area (Å²) >= 11 is 0. The minimum atomic E-state index is -1.15. The summed E-state index contributed by atoms with van der Waals surface area (Å²) in [5.74, 6) is -5.16. The fourth-order valence-corrected chi connectivity index (χ4v) is 0.604. The van der Waals surface area contributed by atoms with Crippen LogP contribution in [0.15, 0.2) is 23.4 Å². The highest BCUT2D eigenvalue weighted by Gasteiger charge is 2.27. The number of hydrogen-bond donors (Lipinski definition) is 3. The maximum atomic E-state index is 10.5. The Balaban J connectivity index is 3.19. The van der Waals surface area contributed by atoms with E-state index >= 15 is 0 Å². The van der Waals surface area contributed by atoms with Crippen LogP contribution in [0, 0.1) is 0 Å². The van der Waals surface area contributed by atoms with Crippen molar-refractivity contribution in [1.82, 2.24) is 0 Å². The molecule has 0 saturated carbocycles. The van der Waals surface area contributed by atoms with Crippen molar-refractivity contribution in [3.8, 4) is 0 Å². The minimum absolute atomic E-state index is 0.539. The molecule has 0 aromatic rings. The Morgan fingerprint density at radius 2 is 1.55 bits per heavy atom. The van der Waals surface area contributed by atoms with E-state index in [0.29, 0.717) is 6.08 Å². The number of carbonyl (C=O) groups excluding carboxylic acids is 2. The molecule has 0 bridgehead atoms. The van der Waals surface area contributed by atoms with Crippen molar-refractivity contribution in [2.75, 3.05) is 0 Å². The summed E-state index contributed by atoms with van der Waals surface area (Å²) in [6.07, 6.45) is 0.539. The average molecular weight is 156 g/mol. The molecule has 1 rings (SSSR count). The van der Waals surface area contributed by atoms with Crippen LogP contribution in [0.25, 0.3) is 0 Å². The Labute approximate surface area is 60.9 Å². The van der Waals surface area contributed by atoms with Gasteiger partial charge in [0.2, 0.25) is 17.3 Å². The molecule has 0 atom stereocenters. The van der Waals surface area contributed by atoms with Crippen LogP contribution in [0.2, 0.25) is 0 Å². The van der Waals surface area contributed by atoms with Crippen LogP contribution >= 0.6 is 0 Å². The number of hydrogen-bond acceptors (Lipinski definition) is 5. The van der Waals surface area contributed by atoms with Crippen LogP contribution < -0.4 is 0 Å². The van der Waals surface area contributed by atoms with Gasteiger partial charge in [-0.25, -0.2) is 0 Å². The van der Waals surface area contributed by atoms with Crippen molar-refractivity contribution in [3.05, 3.63) is 23.4 Å².